The zero-order chi connectivity index (χ0) is 14.4. The number of hydrogen-bond donors (Lipinski definition) is 2. The predicted octanol–water partition coefficient (Wildman–Crippen LogP) is -0.000600. The van der Waals surface area contributed by atoms with Crippen LogP contribution in [0.3, 0.4) is 0 Å². The molecule has 3 N–H and O–H groups in total. The first-order valence-electron chi connectivity index (χ1n) is 6.37. The van der Waals surface area contributed by atoms with Gasteiger partial charge in [0.25, 0.3) is 0 Å². The molecule has 5 nitrogen and oxygen atoms in total. The van der Waals surface area contributed by atoms with Crippen molar-refractivity contribution in [3.8, 4) is 0 Å². The van der Waals surface area contributed by atoms with Gasteiger partial charge in [-0.05, 0) is 12.7 Å². The van der Waals surface area contributed by atoms with Crippen LogP contribution >= 0.6 is 11.8 Å². The molecule has 1 heterocycles. The van der Waals surface area contributed by atoms with Crippen LogP contribution in [-0.4, -0.2) is 60.6 Å². The summed E-state index contributed by atoms with van der Waals surface area (Å²) in [7, 11) is 0. The molecule has 0 aromatic heterocycles. The second-order valence-corrected chi connectivity index (χ2v) is 5.89. The van der Waals surface area contributed by atoms with Crippen LogP contribution in [0.4, 0.5) is 4.39 Å². The molecule has 0 radical (unpaired) electrons. The van der Waals surface area contributed by atoms with E-state index in [4.69, 9.17) is 5.73 Å². The minimum absolute atomic E-state index is 0.0318. The van der Waals surface area contributed by atoms with Gasteiger partial charge in [0.1, 0.15) is 6.17 Å². The second kappa shape index (κ2) is 7.69. The molecule has 7 heteroatoms. The van der Waals surface area contributed by atoms with Crippen LogP contribution in [-0.2, 0) is 9.59 Å². The molecule has 2 amide bonds. The van der Waals surface area contributed by atoms with Gasteiger partial charge in [0.05, 0.1) is 6.54 Å². The minimum atomic E-state index is -0.954. The van der Waals surface area contributed by atoms with E-state index < -0.39 is 12.1 Å². The molecule has 1 aliphatic heterocycles. The van der Waals surface area contributed by atoms with Crippen molar-refractivity contribution in [2.75, 3.05) is 31.6 Å². The number of primary amides is 1. The van der Waals surface area contributed by atoms with E-state index in [1.54, 1.807) is 16.7 Å². The Kier molecular flexibility index (Phi) is 6.57. The molecule has 3 atom stereocenters. The molecule has 0 bridgehead atoms. The van der Waals surface area contributed by atoms with Gasteiger partial charge in [-0.3, -0.25) is 14.5 Å². The fraction of sp³-hybridized carbons (Fsp3) is 0.833. The predicted molar refractivity (Wildman–Crippen MR) is 74.6 cm³/mol. The molecule has 0 saturated carbocycles. The lowest BCUT2D eigenvalue weighted by atomic mass is 10.1. The highest BCUT2D eigenvalue weighted by molar-refractivity contribution is 7.98. The smallest absolute Gasteiger partial charge is 0.231 e. The molecule has 0 aliphatic carbocycles. The molecule has 0 spiro atoms. The lowest BCUT2D eigenvalue weighted by Crippen LogP contribution is -2.44. The Morgan fingerprint density at radius 3 is 2.84 bits per heavy atom. The fourth-order valence-corrected chi connectivity index (χ4v) is 2.90. The number of nitrogens with zero attached hydrogens (tertiary/aromatic N) is 1. The number of carbonyl (C=O) groups excluding carboxylic acids is 2. The average molecular weight is 291 g/mol. The Morgan fingerprint density at radius 1 is 1.58 bits per heavy atom. The van der Waals surface area contributed by atoms with Crippen molar-refractivity contribution < 1.29 is 14.0 Å². The van der Waals surface area contributed by atoms with Crippen molar-refractivity contribution in [1.29, 1.82) is 0 Å². The first-order chi connectivity index (χ1) is 8.93. The van der Waals surface area contributed by atoms with Gasteiger partial charge >= 0.3 is 0 Å². The molecule has 1 rings (SSSR count). The van der Waals surface area contributed by atoms with Gasteiger partial charge in [-0.1, -0.05) is 6.92 Å². The molecule has 110 valence electrons. The quantitative estimate of drug-likeness (QED) is 0.692. The van der Waals surface area contributed by atoms with Gasteiger partial charge in [-0.15, -0.1) is 0 Å². The Labute approximate surface area is 117 Å². The summed E-state index contributed by atoms with van der Waals surface area (Å²) in [6, 6.07) is -0.145. The maximum Gasteiger partial charge on any atom is 0.231 e. The zero-order valence-corrected chi connectivity index (χ0v) is 12.2. The lowest BCUT2D eigenvalue weighted by molar-refractivity contribution is -0.124. The fourth-order valence-electron chi connectivity index (χ4n) is 2.25. The Morgan fingerprint density at radius 2 is 2.26 bits per heavy atom. The van der Waals surface area contributed by atoms with Crippen molar-refractivity contribution in [3.05, 3.63) is 0 Å². The topological polar surface area (TPSA) is 75.4 Å². The largest absolute Gasteiger partial charge is 0.369 e. The molecule has 0 aromatic rings. The number of halogens is 1. The number of likely N-dealkylation sites (tertiary alicyclic amines) is 1. The van der Waals surface area contributed by atoms with E-state index in [1.165, 1.54) is 0 Å². The highest BCUT2D eigenvalue weighted by Gasteiger charge is 2.33. The number of alkyl halides is 1. The minimum Gasteiger partial charge on any atom is -0.369 e. The third kappa shape index (κ3) is 5.36. The first-order valence-corrected chi connectivity index (χ1v) is 7.76. The van der Waals surface area contributed by atoms with Crippen molar-refractivity contribution in [3.63, 3.8) is 0 Å². The Balaban J connectivity index is 2.41. The van der Waals surface area contributed by atoms with E-state index in [0.29, 0.717) is 13.0 Å². The van der Waals surface area contributed by atoms with Gasteiger partial charge in [0, 0.05) is 30.8 Å². The normalized spacial score (nSPS) is 25.2. The van der Waals surface area contributed by atoms with Gasteiger partial charge in [0.2, 0.25) is 11.8 Å². The summed E-state index contributed by atoms with van der Waals surface area (Å²) in [6.45, 7) is 2.48. The monoisotopic (exact) mass is 291 g/mol. The van der Waals surface area contributed by atoms with E-state index in [0.717, 1.165) is 5.75 Å². The summed E-state index contributed by atoms with van der Waals surface area (Å²) in [4.78, 5) is 24.4. The maximum atomic E-state index is 13.4. The molecule has 1 fully saturated rings. The number of rotatable bonds is 7. The third-order valence-electron chi connectivity index (χ3n) is 3.21. The van der Waals surface area contributed by atoms with Crippen molar-refractivity contribution in [2.24, 2.45) is 11.7 Å². The van der Waals surface area contributed by atoms with E-state index in [9.17, 15) is 14.0 Å². The van der Waals surface area contributed by atoms with E-state index >= 15 is 0 Å². The molecule has 1 aliphatic rings. The van der Waals surface area contributed by atoms with Crippen LogP contribution in [0.15, 0.2) is 0 Å². The molecule has 19 heavy (non-hydrogen) atoms. The van der Waals surface area contributed by atoms with Gasteiger partial charge in [0.15, 0.2) is 0 Å². The Hall–Kier alpha value is -0.820. The molecule has 1 saturated heterocycles. The van der Waals surface area contributed by atoms with Gasteiger partial charge in [-0.25, -0.2) is 4.39 Å². The van der Waals surface area contributed by atoms with Crippen molar-refractivity contribution in [1.82, 2.24) is 10.2 Å². The number of thioether (sulfide) groups is 1. The number of carbonyl (C=O) groups is 2. The van der Waals surface area contributed by atoms with Crippen LogP contribution in [0.5, 0.6) is 0 Å². The summed E-state index contributed by atoms with van der Waals surface area (Å²) in [5.74, 6) is 0.187. The van der Waals surface area contributed by atoms with Crippen LogP contribution < -0.4 is 11.1 Å². The second-order valence-electron chi connectivity index (χ2n) is 4.98. The number of amides is 2. The van der Waals surface area contributed by atoms with E-state index in [2.05, 4.69) is 5.32 Å². The third-order valence-corrected chi connectivity index (χ3v) is 4.05. The highest BCUT2D eigenvalue weighted by atomic mass is 32.2. The SMILES string of the molecule is CSC[C@@H](C)C(=O)NC[C@@H]1C[C@H](F)CN1CC(N)=O. The Bertz CT molecular complexity index is 330. The number of nitrogens with one attached hydrogen (secondary N) is 1. The standard InChI is InChI=1S/C12H22FN3O2S/c1-8(7-19-2)12(18)15-4-10-3-9(13)5-16(10)6-11(14)17/h8-10H,3-7H2,1-2H3,(H2,14,17)(H,15,18)/t8-,9+,10+/m1/s1. The summed E-state index contributed by atoms with van der Waals surface area (Å²) >= 11 is 1.61. The molecule has 0 aromatic carbocycles. The highest BCUT2D eigenvalue weighted by Crippen LogP contribution is 2.19. The number of hydrogen-bond acceptors (Lipinski definition) is 4. The van der Waals surface area contributed by atoms with E-state index in [1.807, 2.05) is 13.2 Å². The molecule has 0 unspecified atom stereocenters. The van der Waals surface area contributed by atoms with Gasteiger partial charge < -0.3 is 11.1 Å². The molecular weight excluding hydrogens is 269 g/mol. The first kappa shape index (κ1) is 16.2. The average Bonchev–Trinajstić information content (AvgIpc) is 2.65. The van der Waals surface area contributed by atoms with Crippen LogP contribution in [0.25, 0.3) is 0 Å². The summed E-state index contributed by atoms with van der Waals surface area (Å²) in [5.41, 5.74) is 5.13. The van der Waals surface area contributed by atoms with E-state index in [-0.39, 0.29) is 31.0 Å². The van der Waals surface area contributed by atoms with Crippen molar-refractivity contribution in [2.45, 2.75) is 25.6 Å². The van der Waals surface area contributed by atoms with Gasteiger partial charge in [-0.2, -0.15) is 11.8 Å². The number of nitrogens with two attached hydrogens (primary N) is 1. The molecular formula is C12H22FN3O2S. The summed E-state index contributed by atoms with van der Waals surface area (Å²) in [6.07, 6.45) is 1.33. The van der Waals surface area contributed by atoms with Crippen LogP contribution in [0.2, 0.25) is 0 Å². The zero-order valence-electron chi connectivity index (χ0n) is 11.4. The van der Waals surface area contributed by atoms with Crippen molar-refractivity contribution >= 4 is 23.6 Å². The maximum absolute atomic E-state index is 13.4. The summed E-state index contributed by atoms with van der Waals surface area (Å²) in [5, 5.41) is 2.82. The van der Waals surface area contributed by atoms with Crippen LogP contribution in [0.1, 0.15) is 13.3 Å². The van der Waals surface area contributed by atoms with Crippen LogP contribution in [0, 0.1) is 5.92 Å². The lowest BCUT2D eigenvalue weighted by Gasteiger charge is -2.23. The summed E-state index contributed by atoms with van der Waals surface area (Å²) < 4.78 is 13.4.